The Balaban J connectivity index is 1.61. The number of alkyl halides is 2. The first kappa shape index (κ1) is 20.8. The Morgan fingerprint density at radius 2 is 2.23 bits per heavy atom. The van der Waals surface area contributed by atoms with Gasteiger partial charge in [-0.3, -0.25) is 0 Å². The quantitative estimate of drug-likeness (QED) is 0.720. The Hall–Kier alpha value is -1.47. The van der Waals surface area contributed by atoms with Crippen LogP contribution >= 0.6 is 0 Å². The number of amides is 1. The zero-order chi connectivity index (χ0) is 19.2. The van der Waals surface area contributed by atoms with Crippen molar-refractivity contribution in [1.82, 2.24) is 10.6 Å². The number of hydrogen-bond acceptors (Lipinski definition) is 4. The highest BCUT2D eigenvalue weighted by Crippen LogP contribution is 2.30. The highest BCUT2D eigenvalue weighted by atomic mass is 19.3. The van der Waals surface area contributed by atoms with Gasteiger partial charge in [0.05, 0.1) is 25.3 Å². The van der Waals surface area contributed by atoms with Crippen molar-refractivity contribution in [3.63, 3.8) is 0 Å². The second-order valence-electron chi connectivity index (χ2n) is 7.42. The summed E-state index contributed by atoms with van der Waals surface area (Å²) in [5.74, 6) is -1.84. The van der Waals surface area contributed by atoms with Gasteiger partial charge < -0.3 is 20.1 Å². The predicted octanol–water partition coefficient (Wildman–Crippen LogP) is 3.27. The van der Waals surface area contributed by atoms with E-state index in [9.17, 15) is 13.6 Å². The number of rotatable bonds is 7. The summed E-state index contributed by atoms with van der Waals surface area (Å²) >= 11 is 0. The summed E-state index contributed by atoms with van der Waals surface area (Å²) in [7, 11) is 0. The number of halogens is 2. The fourth-order valence-corrected chi connectivity index (χ4v) is 3.33. The molecule has 0 aromatic rings. The lowest BCUT2D eigenvalue weighted by Gasteiger charge is -2.32. The Bertz CT molecular complexity index is 523. The van der Waals surface area contributed by atoms with Gasteiger partial charge in [0.15, 0.2) is 0 Å². The molecule has 0 aromatic carbocycles. The van der Waals surface area contributed by atoms with E-state index >= 15 is 0 Å². The zero-order valence-corrected chi connectivity index (χ0v) is 15.8. The average Bonchev–Trinajstić information content (AvgIpc) is 2.58. The summed E-state index contributed by atoms with van der Waals surface area (Å²) in [5, 5.41) is 5.35. The molecule has 0 radical (unpaired) electrons. The number of allylic oxidation sites excluding steroid dienone is 4. The van der Waals surface area contributed by atoms with Crippen molar-refractivity contribution in [3.8, 4) is 0 Å². The number of morpholine rings is 1. The molecule has 1 aliphatic carbocycles. The van der Waals surface area contributed by atoms with Gasteiger partial charge in [0.1, 0.15) is 6.61 Å². The molecule has 1 fully saturated rings. The molecule has 26 heavy (non-hydrogen) atoms. The SMILES string of the molecule is CC1=CC=CC(C)C1CC[C@@H]1CN[C@H](COC(=O)NCC(C)(F)F)CO1. The smallest absolute Gasteiger partial charge is 0.407 e. The molecule has 4 atom stereocenters. The predicted molar refractivity (Wildman–Crippen MR) is 96.3 cm³/mol. The standard InChI is InChI=1S/C19H30F2N2O3/c1-13-5-4-6-14(2)17(13)8-7-16-9-22-15(10-25-16)11-26-18(24)23-12-19(3,20)21/h4-6,13,15-17,22H,7-12H2,1-3H3,(H,23,24)/t13?,15-,16+,17?/m0/s1. The first-order valence-corrected chi connectivity index (χ1v) is 9.23. The van der Waals surface area contributed by atoms with E-state index in [4.69, 9.17) is 9.47 Å². The lowest BCUT2D eigenvalue weighted by molar-refractivity contribution is -0.0181. The van der Waals surface area contributed by atoms with Gasteiger partial charge in [0.25, 0.3) is 5.92 Å². The van der Waals surface area contributed by atoms with Crippen molar-refractivity contribution in [2.75, 3.05) is 26.3 Å². The van der Waals surface area contributed by atoms with E-state index in [1.165, 1.54) is 5.57 Å². The van der Waals surface area contributed by atoms with Crippen LogP contribution in [0.15, 0.2) is 23.8 Å². The molecule has 0 aromatic heterocycles. The molecule has 7 heteroatoms. The molecule has 2 N–H and O–H groups in total. The minimum Gasteiger partial charge on any atom is -0.448 e. The molecule has 1 heterocycles. The number of carbonyl (C=O) groups excluding carboxylic acids is 1. The van der Waals surface area contributed by atoms with E-state index in [1.807, 2.05) is 5.32 Å². The maximum atomic E-state index is 12.7. The summed E-state index contributed by atoms with van der Waals surface area (Å²) in [4.78, 5) is 11.4. The van der Waals surface area contributed by atoms with Crippen LogP contribution in [0.25, 0.3) is 0 Å². The number of carbonyl (C=O) groups is 1. The van der Waals surface area contributed by atoms with Crippen molar-refractivity contribution in [1.29, 1.82) is 0 Å². The summed E-state index contributed by atoms with van der Waals surface area (Å²) in [5.41, 5.74) is 1.42. The molecule has 0 spiro atoms. The number of ether oxygens (including phenoxy) is 2. The molecule has 1 aliphatic heterocycles. The molecule has 2 unspecified atom stereocenters. The molecule has 5 nitrogen and oxygen atoms in total. The van der Waals surface area contributed by atoms with Crippen molar-refractivity contribution in [2.45, 2.75) is 51.7 Å². The molecular formula is C19H30F2N2O3. The Morgan fingerprint density at radius 3 is 2.85 bits per heavy atom. The monoisotopic (exact) mass is 372 g/mol. The molecule has 148 valence electrons. The number of nitrogens with one attached hydrogen (secondary N) is 2. The summed E-state index contributed by atoms with van der Waals surface area (Å²) < 4.78 is 36.2. The number of hydrogen-bond donors (Lipinski definition) is 2. The third-order valence-corrected chi connectivity index (χ3v) is 4.92. The number of alkyl carbamates (subject to hydrolysis) is 1. The van der Waals surface area contributed by atoms with Crippen molar-refractivity contribution in [2.24, 2.45) is 11.8 Å². The third-order valence-electron chi connectivity index (χ3n) is 4.92. The largest absolute Gasteiger partial charge is 0.448 e. The van der Waals surface area contributed by atoms with E-state index in [-0.39, 0.29) is 18.8 Å². The van der Waals surface area contributed by atoms with E-state index in [0.29, 0.717) is 25.0 Å². The van der Waals surface area contributed by atoms with Gasteiger partial charge in [-0.15, -0.1) is 0 Å². The van der Waals surface area contributed by atoms with Gasteiger partial charge in [0, 0.05) is 13.5 Å². The fourth-order valence-electron chi connectivity index (χ4n) is 3.33. The normalized spacial score (nSPS) is 29.2. The van der Waals surface area contributed by atoms with E-state index < -0.39 is 18.6 Å². The molecule has 1 amide bonds. The van der Waals surface area contributed by atoms with E-state index in [1.54, 1.807) is 0 Å². The van der Waals surface area contributed by atoms with Gasteiger partial charge in [-0.05, 0) is 31.6 Å². The van der Waals surface area contributed by atoms with Gasteiger partial charge in [0.2, 0.25) is 0 Å². The lowest BCUT2D eigenvalue weighted by atomic mass is 9.80. The molecule has 0 bridgehead atoms. The molecule has 2 aliphatic rings. The Morgan fingerprint density at radius 1 is 1.46 bits per heavy atom. The third kappa shape index (κ3) is 7.03. The maximum Gasteiger partial charge on any atom is 0.407 e. The second kappa shape index (κ2) is 9.46. The lowest BCUT2D eigenvalue weighted by Crippen LogP contribution is -2.49. The molecular weight excluding hydrogens is 342 g/mol. The van der Waals surface area contributed by atoms with E-state index in [2.05, 4.69) is 37.4 Å². The van der Waals surface area contributed by atoms with Crippen LogP contribution in [0.1, 0.15) is 33.6 Å². The second-order valence-corrected chi connectivity index (χ2v) is 7.42. The van der Waals surface area contributed by atoms with Crippen molar-refractivity contribution < 1.29 is 23.0 Å². The van der Waals surface area contributed by atoms with Gasteiger partial charge in [-0.2, -0.15) is 0 Å². The Kier molecular flexibility index (Phi) is 7.58. The van der Waals surface area contributed by atoms with Gasteiger partial charge in [-0.1, -0.05) is 30.7 Å². The molecule has 0 saturated carbocycles. The van der Waals surface area contributed by atoms with Crippen LogP contribution in [0, 0.1) is 11.8 Å². The van der Waals surface area contributed by atoms with Crippen LogP contribution in [0.3, 0.4) is 0 Å². The summed E-state index contributed by atoms with van der Waals surface area (Å²) in [6, 6.07) is -0.114. The first-order valence-electron chi connectivity index (χ1n) is 9.23. The average molecular weight is 372 g/mol. The van der Waals surface area contributed by atoms with Crippen molar-refractivity contribution in [3.05, 3.63) is 23.8 Å². The summed E-state index contributed by atoms with van der Waals surface area (Å²) in [6.07, 6.45) is 7.90. The maximum absolute atomic E-state index is 12.7. The van der Waals surface area contributed by atoms with Crippen LogP contribution in [0.4, 0.5) is 13.6 Å². The van der Waals surface area contributed by atoms with Crippen molar-refractivity contribution >= 4 is 6.09 Å². The fraction of sp³-hybridized carbons (Fsp3) is 0.737. The van der Waals surface area contributed by atoms with Crippen LogP contribution in [0.2, 0.25) is 0 Å². The van der Waals surface area contributed by atoms with E-state index in [0.717, 1.165) is 19.8 Å². The Labute approximate surface area is 154 Å². The molecule has 2 rings (SSSR count). The zero-order valence-electron chi connectivity index (χ0n) is 15.8. The highest BCUT2D eigenvalue weighted by molar-refractivity contribution is 5.67. The first-order chi connectivity index (χ1) is 12.2. The van der Waals surface area contributed by atoms with Crippen LogP contribution < -0.4 is 10.6 Å². The van der Waals surface area contributed by atoms with Crippen LogP contribution in [0.5, 0.6) is 0 Å². The minimum atomic E-state index is -2.95. The molecule has 1 saturated heterocycles. The van der Waals surface area contributed by atoms with Crippen LogP contribution in [-0.2, 0) is 9.47 Å². The topological polar surface area (TPSA) is 59.6 Å². The summed E-state index contributed by atoms with van der Waals surface area (Å²) in [6.45, 7) is 5.66. The highest BCUT2D eigenvalue weighted by Gasteiger charge is 2.26. The van der Waals surface area contributed by atoms with Crippen LogP contribution in [-0.4, -0.2) is 50.5 Å². The minimum absolute atomic E-state index is 0.0974. The van der Waals surface area contributed by atoms with Gasteiger partial charge in [-0.25, -0.2) is 13.6 Å². The van der Waals surface area contributed by atoms with Gasteiger partial charge >= 0.3 is 6.09 Å².